The van der Waals surface area contributed by atoms with Crippen LogP contribution >= 0.6 is 15.9 Å². The van der Waals surface area contributed by atoms with Gasteiger partial charge in [-0.3, -0.25) is 4.79 Å². The van der Waals surface area contributed by atoms with Crippen molar-refractivity contribution in [3.63, 3.8) is 0 Å². The lowest BCUT2D eigenvalue weighted by Gasteiger charge is -2.28. The Morgan fingerprint density at radius 3 is 2.67 bits per heavy atom. The Balaban J connectivity index is 2.74. The summed E-state index contributed by atoms with van der Waals surface area (Å²) in [6.07, 6.45) is 1.93. The maximum absolute atomic E-state index is 12.3. The van der Waals surface area contributed by atoms with E-state index in [1.165, 1.54) is 0 Å². The van der Waals surface area contributed by atoms with E-state index < -0.39 is 15.1 Å². The molecular formula is C11H20BrNO4S. The molecule has 1 atom stereocenters. The number of sulfone groups is 1. The molecule has 0 aliphatic carbocycles. The second-order valence-electron chi connectivity index (χ2n) is 4.36. The van der Waals surface area contributed by atoms with Gasteiger partial charge >= 0.3 is 0 Å². The highest BCUT2D eigenvalue weighted by molar-refractivity contribution is 9.09. The summed E-state index contributed by atoms with van der Waals surface area (Å²) in [6, 6.07) is 0. The second-order valence-corrected chi connectivity index (χ2v) is 7.45. The number of carbonyl (C=O) groups excluding carboxylic acids is 1. The fourth-order valence-electron chi connectivity index (χ4n) is 2.07. The molecule has 0 saturated carbocycles. The molecule has 0 aromatic heterocycles. The summed E-state index contributed by atoms with van der Waals surface area (Å²) < 4.78 is 28.8. The molecule has 1 saturated heterocycles. The first-order valence-corrected chi connectivity index (χ1v) is 8.92. The van der Waals surface area contributed by atoms with Gasteiger partial charge in [-0.25, -0.2) is 8.42 Å². The van der Waals surface area contributed by atoms with E-state index in [1.54, 1.807) is 12.0 Å². The van der Waals surface area contributed by atoms with Gasteiger partial charge in [-0.2, -0.15) is 0 Å². The molecule has 1 unspecified atom stereocenters. The van der Waals surface area contributed by atoms with Crippen molar-refractivity contribution in [2.45, 2.75) is 24.5 Å². The van der Waals surface area contributed by atoms with Gasteiger partial charge < -0.3 is 9.64 Å². The zero-order chi connectivity index (χ0) is 13.6. The highest BCUT2D eigenvalue weighted by atomic mass is 79.9. The number of ether oxygens (including phenoxy) is 1. The molecule has 1 rings (SSSR count). The van der Waals surface area contributed by atoms with Crippen molar-refractivity contribution in [2.24, 2.45) is 0 Å². The number of hydrogen-bond acceptors (Lipinski definition) is 4. The molecule has 7 heteroatoms. The summed E-state index contributed by atoms with van der Waals surface area (Å²) in [4.78, 5) is 13.9. The van der Waals surface area contributed by atoms with Crippen LogP contribution in [-0.4, -0.2) is 62.4 Å². The third kappa shape index (κ3) is 4.20. The fraction of sp³-hybridized carbons (Fsp3) is 0.909. The smallest absolute Gasteiger partial charge is 0.241 e. The van der Waals surface area contributed by atoms with Crippen molar-refractivity contribution >= 4 is 31.7 Å². The van der Waals surface area contributed by atoms with Crippen LogP contribution in [0.15, 0.2) is 0 Å². The van der Waals surface area contributed by atoms with E-state index in [4.69, 9.17) is 4.74 Å². The molecule has 1 fully saturated rings. The summed E-state index contributed by atoms with van der Waals surface area (Å²) >= 11 is 3.28. The maximum atomic E-state index is 12.3. The van der Waals surface area contributed by atoms with Gasteiger partial charge in [0.15, 0.2) is 9.84 Å². The Morgan fingerprint density at radius 1 is 1.39 bits per heavy atom. The van der Waals surface area contributed by atoms with Crippen molar-refractivity contribution in [2.75, 3.05) is 37.9 Å². The van der Waals surface area contributed by atoms with Crippen LogP contribution in [0, 0.1) is 0 Å². The standard InChI is InChI=1S/C11H20BrNO4S/c1-17-8-7-13(6-5-12)11(14)10-4-2-3-9-18(10,15)16/h10H,2-9H2,1H3. The van der Waals surface area contributed by atoms with Crippen molar-refractivity contribution in [1.82, 2.24) is 4.90 Å². The van der Waals surface area contributed by atoms with E-state index in [0.29, 0.717) is 37.9 Å². The molecule has 0 bridgehead atoms. The average molecular weight is 342 g/mol. The molecule has 1 aliphatic rings. The summed E-state index contributed by atoms with van der Waals surface area (Å²) in [5, 5.41) is -0.211. The molecule has 5 nitrogen and oxygen atoms in total. The third-order valence-corrected chi connectivity index (χ3v) is 5.60. The lowest BCUT2D eigenvalue weighted by atomic mass is 10.1. The summed E-state index contributed by atoms with van der Waals surface area (Å²) in [5.74, 6) is -0.137. The first kappa shape index (κ1) is 15.9. The van der Waals surface area contributed by atoms with E-state index >= 15 is 0 Å². The highest BCUT2D eigenvalue weighted by Gasteiger charge is 2.37. The van der Waals surface area contributed by atoms with Crippen molar-refractivity contribution in [3.05, 3.63) is 0 Å². The zero-order valence-corrected chi connectivity index (χ0v) is 13.0. The minimum Gasteiger partial charge on any atom is -0.383 e. The number of methoxy groups -OCH3 is 1. The van der Waals surface area contributed by atoms with Crippen LogP contribution in [-0.2, 0) is 19.4 Å². The van der Waals surface area contributed by atoms with E-state index in [-0.39, 0.29) is 11.7 Å². The molecule has 0 spiro atoms. The largest absolute Gasteiger partial charge is 0.383 e. The topological polar surface area (TPSA) is 63.7 Å². The maximum Gasteiger partial charge on any atom is 0.241 e. The van der Waals surface area contributed by atoms with Gasteiger partial charge in [0, 0.05) is 25.5 Å². The molecule has 0 aromatic rings. The lowest BCUT2D eigenvalue weighted by molar-refractivity contribution is -0.131. The van der Waals surface area contributed by atoms with Gasteiger partial charge in [0.2, 0.25) is 5.91 Å². The van der Waals surface area contributed by atoms with Crippen LogP contribution in [0.4, 0.5) is 0 Å². The summed E-state index contributed by atoms with van der Waals surface area (Å²) in [6.45, 7) is 1.37. The highest BCUT2D eigenvalue weighted by Crippen LogP contribution is 2.21. The monoisotopic (exact) mass is 341 g/mol. The van der Waals surface area contributed by atoms with Gasteiger partial charge in [-0.1, -0.05) is 22.4 Å². The number of halogens is 1. The summed E-state index contributed by atoms with van der Waals surface area (Å²) in [5.41, 5.74) is 0. The lowest BCUT2D eigenvalue weighted by Crippen LogP contribution is -2.47. The van der Waals surface area contributed by atoms with Crippen LogP contribution in [0.2, 0.25) is 0 Å². The normalized spacial score (nSPS) is 22.7. The molecule has 106 valence electrons. The van der Waals surface area contributed by atoms with E-state index in [1.807, 2.05) is 0 Å². The van der Waals surface area contributed by atoms with Gasteiger partial charge in [0.1, 0.15) is 5.25 Å². The van der Waals surface area contributed by atoms with Crippen LogP contribution in [0.5, 0.6) is 0 Å². The Bertz CT molecular complexity index is 371. The first-order chi connectivity index (χ1) is 8.53. The number of rotatable bonds is 6. The molecule has 0 radical (unpaired) electrons. The quantitative estimate of drug-likeness (QED) is 0.671. The first-order valence-electron chi connectivity index (χ1n) is 6.08. The molecule has 1 heterocycles. The van der Waals surface area contributed by atoms with Crippen LogP contribution < -0.4 is 0 Å². The molecule has 0 aromatic carbocycles. The number of amides is 1. The van der Waals surface area contributed by atoms with Gasteiger partial charge in [-0.05, 0) is 12.8 Å². The minimum atomic E-state index is -3.26. The molecule has 18 heavy (non-hydrogen) atoms. The predicted molar refractivity (Wildman–Crippen MR) is 73.7 cm³/mol. The Morgan fingerprint density at radius 2 is 2.11 bits per heavy atom. The fourth-order valence-corrected chi connectivity index (χ4v) is 4.37. The van der Waals surface area contributed by atoms with Gasteiger partial charge in [0.25, 0.3) is 0 Å². The molecule has 1 amide bonds. The van der Waals surface area contributed by atoms with Crippen molar-refractivity contribution in [3.8, 4) is 0 Å². The Kier molecular flexibility index (Phi) is 6.59. The van der Waals surface area contributed by atoms with E-state index in [9.17, 15) is 13.2 Å². The van der Waals surface area contributed by atoms with Crippen molar-refractivity contribution in [1.29, 1.82) is 0 Å². The van der Waals surface area contributed by atoms with Crippen LogP contribution in [0.3, 0.4) is 0 Å². The number of carbonyl (C=O) groups is 1. The molecule has 1 aliphatic heterocycles. The average Bonchev–Trinajstić information content (AvgIpc) is 2.33. The number of alkyl halides is 1. The number of hydrogen-bond donors (Lipinski definition) is 0. The van der Waals surface area contributed by atoms with E-state index in [2.05, 4.69) is 15.9 Å². The van der Waals surface area contributed by atoms with Gasteiger partial charge in [0.05, 0.1) is 12.4 Å². The molecular weight excluding hydrogens is 322 g/mol. The Labute approximate surface area is 117 Å². The Hall–Kier alpha value is -0.140. The predicted octanol–water partition coefficient (Wildman–Crippen LogP) is 0.824. The summed E-state index contributed by atoms with van der Waals surface area (Å²) in [7, 11) is -1.69. The SMILES string of the molecule is COCCN(CCBr)C(=O)C1CCCCS1(=O)=O. The minimum absolute atomic E-state index is 0.135. The zero-order valence-electron chi connectivity index (χ0n) is 10.6. The number of nitrogens with zero attached hydrogens (tertiary/aromatic N) is 1. The van der Waals surface area contributed by atoms with Crippen molar-refractivity contribution < 1.29 is 17.9 Å². The van der Waals surface area contributed by atoms with Crippen LogP contribution in [0.1, 0.15) is 19.3 Å². The second kappa shape index (κ2) is 7.45. The van der Waals surface area contributed by atoms with E-state index in [0.717, 1.165) is 6.42 Å². The third-order valence-electron chi connectivity index (χ3n) is 3.09. The molecule has 0 N–H and O–H groups in total. The van der Waals surface area contributed by atoms with Crippen LogP contribution in [0.25, 0.3) is 0 Å². The van der Waals surface area contributed by atoms with Gasteiger partial charge in [-0.15, -0.1) is 0 Å².